The summed E-state index contributed by atoms with van der Waals surface area (Å²) in [6, 6.07) is 8.09. The molecule has 3 rings (SSSR count). The number of hydrogen-bond donors (Lipinski definition) is 1. The molecule has 0 radical (unpaired) electrons. The molecule has 1 saturated heterocycles. The molecule has 1 heterocycles. The number of fused-ring (bicyclic) bond motifs is 2. The Morgan fingerprint density at radius 1 is 1.42 bits per heavy atom. The first-order valence-corrected chi connectivity index (χ1v) is 8.27. The molecule has 2 aliphatic rings. The van der Waals surface area contributed by atoms with E-state index < -0.39 is 0 Å². The van der Waals surface area contributed by atoms with E-state index in [-0.39, 0.29) is 0 Å². The average Bonchev–Trinajstić information content (AvgIpc) is 3.01. The number of rotatable bonds is 4. The molecule has 1 aromatic carbocycles. The lowest BCUT2D eigenvalue weighted by molar-refractivity contribution is 0.553. The maximum absolute atomic E-state index is 3.75. The van der Waals surface area contributed by atoms with Crippen molar-refractivity contribution in [3.8, 4) is 0 Å². The SMILES string of the molecule is CCNC(C)c1ccc(N2CC3CCC2C3)cc1Br. The highest BCUT2D eigenvalue weighted by molar-refractivity contribution is 9.10. The van der Waals surface area contributed by atoms with Crippen LogP contribution in [-0.4, -0.2) is 19.1 Å². The van der Waals surface area contributed by atoms with Crippen LogP contribution in [0.4, 0.5) is 5.69 Å². The maximum Gasteiger partial charge on any atom is 0.0380 e. The van der Waals surface area contributed by atoms with Gasteiger partial charge in [0.2, 0.25) is 0 Å². The highest BCUT2D eigenvalue weighted by Gasteiger charge is 2.37. The van der Waals surface area contributed by atoms with E-state index in [0.717, 1.165) is 18.5 Å². The third kappa shape index (κ3) is 2.55. The molecule has 1 N–H and O–H groups in total. The Hall–Kier alpha value is -0.540. The minimum absolute atomic E-state index is 0.406. The van der Waals surface area contributed by atoms with Gasteiger partial charge in [0, 0.05) is 28.8 Å². The summed E-state index contributed by atoms with van der Waals surface area (Å²) in [7, 11) is 0. The zero-order valence-electron chi connectivity index (χ0n) is 11.8. The second-order valence-electron chi connectivity index (χ2n) is 5.97. The molecule has 104 valence electrons. The van der Waals surface area contributed by atoms with Crippen LogP contribution >= 0.6 is 15.9 Å². The van der Waals surface area contributed by atoms with E-state index in [4.69, 9.17) is 0 Å². The van der Waals surface area contributed by atoms with Crippen molar-refractivity contribution in [1.82, 2.24) is 5.32 Å². The van der Waals surface area contributed by atoms with E-state index in [9.17, 15) is 0 Å². The van der Waals surface area contributed by atoms with Crippen molar-refractivity contribution in [3.05, 3.63) is 28.2 Å². The first-order chi connectivity index (χ1) is 9.19. The van der Waals surface area contributed by atoms with Crippen molar-refractivity contribution in [2.45, 2.75) is 45.2 Å². The summed E-state index contributed by atoms with van der Waals surface area (Å²) in [6.45, 7) is 6.64. The molecule has 1 aliphatic heterocycles. The lowest BCUT2D eigenvalue weighted by Gasteiger charge is -2.30. The van der Waals surface area contributed by atoms with Crippen molar-refractivity contribution >= 4 is 21.6 Å². The Morgan fingerprint density at radius 3 is 2.84 bits per heavy atom. The Kier molecular flexibility index (Phi) is 3.86. The van der Waals surface area contributed by atoms with Gasteiger partial charge in [-0.15, -0.1) is 0 Å². The largest absolute Gasteiger partial charge is 0.368 e. The fraction of sp³-hybridized carbons (Fsp3) is 0.625. The van der Waals surface area contributed by atoms with Gasteiger partial charge < -0.3 is 10.2 Å². The van der Waals surface area contributed by atoms with Crippen LogP contribution in [0.2, 0.25) is 0 Å². The van der Waals surface area contributed by atoms with Crippen LogP contribution in [0.15, 0.2) is 22.7 Å². The molecule has 2 nitrogen and oxygen atoms in total. The van der Waals surface area contributed by atoms with Crippen LogP contribution in [0, 0.1) is 5.92 Å². The van der Waals surface area contributed by atoms with Crippen LogP contribution in [0.25, 0.3) is 0 Å². The van der Waals surface area contributed by atoms with E-state index in [2.05, 4.69) is 58.2 Å². The summed E-state index contributed by atoms with van der Waals surface area (Å²) in [6.07, 6.45) is 4.24. The molecule has 0 aromatic heterocycles. The lowest BCUT2D eigenvalue weighted by atomic mass is 10.1. The number of nitrogens with one attached hydrogen (secondary N) is 1. The minimum atomic E-state index is 0.406. The van der Waals surface area contributed by atoms with Crippen LogP contribution in [0.3, 0.4) is 0 Å². The monoisotopic (exact) mass is 322 g/mol. The van der Waals surface area contributed by atoms with Crippen LogP contribution in [0.5, 0.6) is 0 Å². The van der Waals surface area contributed by atoms with E-state index in [1.165, 1.54) is 41.5 Å². The number of piperidine rings is 1. The van der Waals surface area contributed by atoms with Crippen molar-refractivity contribution in [2.24, 2.45) is 5.92 Å². The minimum Gasteiger partial charge on any atom is -0.368 e. The fourth-order valence-corrected chi connectivity index (χ4v) is 4.41. The van der Waals surface area contributed by atoms with Crippen molar-refractivity contribution < 1.29 is 0 Å². The van der Waals surface area contributed by atoms with Crippen LogP contribution in [0.1, 0.15) is 44.7 Å². The first-order valence-electron chi connectivity index (χ1n) is 7.48. The third-order valence-corrected chi connectivity index (χ3v) is 5.39. The smallest absolute Gasteiger partial charge is 0.0380 e. The molecule has 3 unspecified atom stereocenters. The van der Waals surface area contributed by atoms with Gasteiger partial charge in [0.1, 0.15) is 0 Å². The number of halogens is 1. The molecule has 3 heteroatoms. The van der Waals surface area contributed by atoms with Gasteiger partial charge in [0.25, 0.3) is 0 Å². The van der Waals surface area contributed by atoms with Gasteiger partial charge in [-0.25, -0.2) is 0 Å². The summed E-state index contributed by atoms with van der Waals surface area (Å²) >= 11 is 3.75. The van der Waals surface area contributed by atoms with Gasteiger partial charge in [-0.05, 0) is 56.3 Å². The van der Waals surface area contributed by atoms with Crippen LogP contribution in [-0.2, 0) is 0 Å². The second kappa shape index (κ2) is 5.45. The van der Waals surface area contributed by atoms with Gasteiger partial charge in [0.05, 0.1) is 0 Å². The molecule has 19 heavy (non-hydrogen) atoms. The first kappa shape index (κ1) is 13.4. The van der Waals surface area contributed by atoms with Gasteiger partial charge >= 0.3 is 0 Å². The normalized spacial score (nSPS) is 27.0. The summed E-state index contributed by atoms with van der Waals surface area (Å²) in [5.41, 5.74) is 2.75. The Labute approximate surface area is 124 Å². The molecule has 1 saturated carbocycles. The lowest BCUT2D eigenvalue weighted by Crippen LogP contribution is -2.31. The molecule has 2 fully saturated rings. The Bertz CT molecular complexity index is 460. The summed E-state index contributed by atoms with van der Waals surface area (Å²) in [5, 5.41) is 3.48. The van der Waals surface area contributed by atoms with E-state index in [1.54, 1.807) is 0 Å². The van der Waals surface area contributed by atoms with Gasteiger partial charge in [0.15, 0.2) is 0 Å². The van der Waals surface area contributed by atoms with E-state index >= 15 is 0 Å². The second-order valence-corrected chi connectivity index (χ2v) is 6.82. The number of hydrogen-bond acceptors (Lipinski definition) is 2. The molecule has 1 aromatic rings. The van der Waals surface area contributed by atoms with Gasteiger partial charge in [-0.2, -0.15) is 0 Å². The van der Waals surface area contributed by atoms with Gasteiger partial charge in [-0.1, -0.05) is 28.9 Å². The molecule has 0 spiro atoms. The quantitative estimate of drug-likeness (QED) is 0.897. The summed E-state index contributed by atoms with van der Waals surface area (Å²) in [4.78, 5) is 2.61. The molecule has 2 bridgehead atoms. The number of anilines is 1. The standard InChI is InChI=1S/C16H23BrN2/c1-3-18-11(2)15-7-6-14(9-16(15)17)19-10-12-4-5-13(19)8-12/h6-7,9,11-13,18H,3-5,8,10H2,1-2H3. The predicted molar refractivity (Wildman–Crippen MR) is 84.7 cm³/mol. The van der Waals surface area contributed by atoms with E-state index in [0.29, 0.717) is 6.04 Å². The Morgan fingerprint density at radius 2 is 2.26 bits per heavy atom. The van der Waals surface area contributed by atoms with Crippen molar-refractivity contribution in [2.75, 3.05) is 18.0 Å². The molecular weight excluding hydrogens is 300 g/mol. The Balaban J connectivity index is 1.79. The highest BCUT2D eigenvalue weighted by Crippen LogP contribution is 2.41. The summed E-state index contributed by atoms with van der Waals surface area (Å²) < 4.78 is 1.24. The zero-order valence-corrected chi connectivity index (χ0v) is 13.4. The zero-order chi connectivity index (χ0) is 13.4. The van der Waals surface area contributed by atoms with Gasteiger partial charge in [-0.3, -0.25) is 0 Å². The fourth-order valence-electron chi connectivity index (χ4n) is 3.70. The van der Waals surface area contributed by atoms with E-state index in [1.807, 2.05) is 0 Å². The maximum atomic E-state index is 3.75. The predicted octanol–water partition coefficient (Wildman–Crippen LogP) is 4.11. The summed E-state index contributed by atoms with van der Waals surface area (Å²) in [5.74, 6) is 0.948. The molecular formula is C16H23BrN2. The number of nitrogens with zero attached hydrogens (tertiary/aromatic N) is 1. The topological polar surface area (TPSA) is 15.3 Å². The average molecular weight is 323 g/mol. The molecule has 3 atom stereocenters. The third-order valence-electron chi connectivity index (χ3n) is 4.70. The number of benzene rings is 1. The van der Waals surface area contributed by atoms with Crippen LogP contribution < -0.4 is 10.2 Å². The molecule has 0 amide bonds. The van der Waals surface area contributed by atoms with Crippen molar-refractivity contribution in [1.29, 1.82) is 0 Å². The molecule has 1 aliphatic carbocycles. The highest BCUT2D eigenvalue weighted by atomic mass is 79.9. The van der Waals surface area contributed by atoms with Crippen molar-refractivity contribution in [3.63, 3.8) is 0 Å².